The summed E-state index contributed by atoms with van der Waals surface area (Å²) in [6, 6.07) is 5.44. The van der Waals surface area contributed by atoms with Crippen molar-refractivity contribution in [1.29, 1.82) is 0 Å². The van der Waals surface area contributed by atoms with Gasteiger partial charge in [0.1, 0.15) is 0 Å². The maximum absolute atomic E-state index is 8.48. The Hall–Kier alpha value is 0.720. The minimum atomic E-state index is -1.79. The third-order valence-electron chi connectivity index (χ3n) is 0.888. The third kappa shape index (κ3) is 8.81. The van der Waals surface area contributed by atoms with Crippen LogP contribution in [-0.2, 0) is 21.8 Å². The summed E-state index contributed by atoms with van der Waals surface area (Å²) in [6.07, 6.45) is 1.66. The van der Waals surface area contributed by atoms with Crippen LogP contribution in [0.15, 0.2) is 24.4 Å². The van der Waals surface area contributed by atoms with E-state index in [0.29, 0.717) is 5.69 Å². The fourth-order valence-electron chi connectivity index (χ4n) is 0.492. The van der Waals surface area contributed by atoms with Crippen LogP contribution >= 0.6 is 27.6 Å². The second kappa shape index (κ2) is 8.32. The zero-order valence-electron chi connectivity index (χ0n) is 5.85. The summed E-state index contributed by atoms with van der Waals surface area (Å²) in [7, 11) is 14.9. The molecule has 1 N–H and O–H groups in total. The summed E-state index contributed by atoms with van der Waals surface area (Å²) in [6.45, 7) is 0.0286. The molecule has 6 heteroatoms. The van der Waals surface area contributed by atoms with E-state index in [1.807, 2.05) is 12.1 Å². The van der Waals surface area contributed by atoms with Crippen molar-refractivity contribution in [2.24, 2.45) is 0 Å². The van der Waals surface area contributed by atoms with Gasteiger partial charge in [0.25, 0.3) is 0 Å². The van der Waals surface area contributed by atoms with Crippen molar-refractivity contribution in [3.05, 3.63) is 30.1 Å². The van der Waals surface area contributed by atoms with Crippen molar-refractivity contribution >= 4 is 27.6 Å². The summed E-state index contributed by atoms with van der Waals surface area (Å²) in [5, 5.41) is 8.48. The predicted octanol–water partition coefficient (Wildman–Crippen LogP) is 2.64. The van der Waals surface area contributed by atoms with Crippen LogP contribution in [0.1, 0.15) is 5.69 Å². The molecule has 0 aliphatic rings. The molecule has 1 heterocycles. The van der Waals surface area contributed by atoms with Crippen LogP contribution in [-0.4, -0.2) is 10.1 Å². The van der Waals surface area contributed by atoms with E-state index in [1.54, 1.807) is 12.3 Å². The number of aromatic nitrogens is 1. The van der Waals surface area contributed by atoms with Crippen LogP contribution < -0.4 is 0 Å². The van der Waals surface area contributed by atoms with Crippen LogP contribution in [0, 0.1) is 0 Å². The zero-order valence-corrected chi connectivity index (χ0v) is 10.3. The molecule has 0 amide bonds. The van der Waals surface area contributed by atoms with Crippen LogP contribution in [0.25, 0.3) is 0 Å². The number of rotatable bonds is 1. The number of hydrogen-bond acceptors (Lipinski definition) is 2. The number of aliphatic hydroxyl groups excluding tert-OH is 1. The Balaban J connectivity index is 0.000000261. The first-order valence-electron chi connectivity index (χ1n) is 2.78. The minimum absolute atomic E-state index is 0.0286. The van der Waals surface area contributed by atoms with Gasteiger partial charge in [0.15, 0.2) is 0 Å². The zero-order chi connectivity index (χ0) is 9.40. The molecule has 2 nitrogen and oxygen atoms in total. The fraction of sp³-hybridized carbons (Fsp3) is 0.167. The van der Waals surface area contributed by atoms with E-state index in [-0.39, 0.29) is 6.61 Å². The summed E-state index contributed by atoms with van der Waals surface area (Å²) < 4.78 is 0. The molecule has 0 aromatic carbocycles. The van der Waals surface area contributed by atoms with Crippen LogP contribution in [0.3, 0.4) is 0 Å². The van der Waals surface area contributed by atoms with E-state index in [0.717, 1.165) is 0 Å². The number of nitrogens with zero attached hydrogens (tertiary/aromatic N) is 1. The van der Waals surface area contributed by atoms with Gasteiger partial charge in [-0.1, -0.05) is 6.07 Å². The van der Waals surface area contributed by atoms with E-state index in [4.69, 9.17) is 32.7 Å². The molecular formula is C6H7AuCl3NO. The van der Waals surface area contributed by atoms with Gasteiger partial charge in [-0.05, 0) is 12.1 Å². The topological polar surface area (TPSA) is 33.1 Å². The van der Waals surface area contributed by atoms with E-state index in [2.05, 4.69) is 4.98 Å². The Labute approximate surface area is 89.1 Å². The second-order valence-electron chi connectivity index (χ2n) is 1.61. The first-order valence-corrected chi connectivity index (χ1v) is 10.8. The van der Waals surface area contributed by atoms with E-state index in [1.165, 1.54) is 0 Å². The molecule has 1 aromatic heterocycles. The second-order valence-corrected chi connectivity index (χ2v) is 11.0. The van der Waals surface area contributed by atoms with Gasteiger partial charge >= 0.3 is 42.8 Å². The molecule has 0 aliphatic heterocycles. The van der Waals surface area contributed by atoms with E-state index in [9.17, 15) is 0 Å². The van der Waals surface area contributed by atoms with E-state index >= 15 is 0 Å². The molecule has 0 saturated carbocycles. The molecule has 0 fully saturated rings. The Morgan fingerprint density at radius 3 is 2.17 bits per heavy atom. The van der Waals surface area contributed by atoms with Crippen molar-refractivity contribution in [2.45, 2.75) is 6.61 Å². The molecule has 1 aromatic rings. The van der Waals surface area contributed by atoms with Crippen molar-refractivity contribution in [1.82, 2.24) is 4.98 Å². The number of hydrogen-bond donors (Lipinski definition) is 1. The summed E-state index contributed by atoms with van der Waals surface area (Å²) in [5.74, 6) is 0. The number of aliphatic hydroxyl groups is 1. The van der Waals surface area contributed by atoms with Gasteiger partial charge in [0.05, 0.1) is 12.3 Å². The van der Waals surface area contributed by atoms with Crippen molar-refractivity contribution in [2.75, 3.05) is 0 Å². The van der Waals surface area contributed by atoms with E-state index < -0.39 is 15.2 Å². The third-order valence-corrected chi connectivity index (χ3v) is 0.888. The van der Waals surface area contributed by atoms with Gasteiger partial charge in [-0.25, -0.2) is 0 Å². The molecule has 0 spiro atoms. The van der Waals surface area contributed by atoms with Crippen molar-refractivity contribution in [3.63, 3.8) is 0 Å². The SMILES string of the molecule is OCc1ccccn1.[Cl][Au]([Cl])[Cl]. The van der Waals surface area contributed by atoms with Gasteiger partial charge in [-0.15, -0.1) is 0 Å². The molecule has 1 rings (SSSR count). The summed E-state index contributed by atoms with van der Waals surface area (Å²) >= 11 is -1.79. The molecule has 0 aliphatic carbocycles. The molecule has 0 saturated heterocycles. The molecule has 74 valence electrons. The Kier molecular flexibility index (Phi) is 8.82. The Bertz CT molecular complexity index is 194. The molecular weight excluding hydrogens is 405 g/mol. The molecule has 12 heavy (non-hydrogen) atoms. The monoisotopic (exact) mass is 411 g/mol. The fourth-order valence-corrected chi connectivity index (χ4v) is 0.492. The standard InChI is InChI=1S/C6H7NO.Au.3ClH/c8-5-6-3-1-2-4-7-6;;;;/h1-4,8H,5H2;;3*1H/q;+3;;;/p-3. The van der Waals surface area contributed by atoms with Gasteiger partial charge < -0.3 is 5.11 Å². The van der Waals surface area contributed by atoms with Crippen molar-refractivity contribution in [3.8, 4) is 0 Å². The van der Waals surface area contributed by atoms with Crippen LogP contribution in [0.2, 0.25) is 0 Å². The van der Waals surface area contributed by atoms with Crippen molar-refractivity contribution < 1.29 is 20.3 Å². The first kappa shape index (κ1) is 12.7. The first-order chi connectivity index (χ1) is 5.66. The van der Waals surface area contributed by atoms with Crippen LogP contribution in [0.5, 0.6) is 0 Å². The number of halogens is 3. The molecule has 0 bridgehead atoms. The van der Waals surface area contributed by atoms with Crippen LogP contribution in [0.4, 0.5) is 0 Å². The predicted molar refractivity (Wildman–Crippen MR) is 47.7 cm³/mol. The molecule has 0 unspecified atom stereocenters. The normalized spacial score (nSPS) is 9.83. The summed E-state index contributed by atoms with van der Waals surface area (Å²) in [5.41, 5.74) is 0.715. The maximum atomic E-state index is 8.48. The Morgan fingerprint density at radius 2 is 1.92 bits per heavy atom. The quantitative estimate of drug-likeness (QED) is 0.720. The van der Waals surface area contributed by atoms with Gasteiger partial charge in [-0.3, -0.25) is 4.98 Å². The van der Waals surface area contributed by atoms with Gasteiger partial charge in [0.2, 0.25) is 0 Å². The average molecular weight is 412 g/mol. The average Bonchev–Trinajstić information content (AvgIpc) is 2.05. The number of pyridine rings is 1. The molecule has 0 radical (unpaired) electrons. The summed E-state index contributed by atoms with van der Waals surface area (Å²) in [4.78, 5) is 3.85. The Morgan fingerprint density at radius 1 is 1.33 bits per heavy atom. The van der Waals surface area contributed by atoms with Gasteiger partial charge in [-0.2, -0.15) is 0 Å². The molecule has 0 atom stereocenters. The van der Waals surface area contributed by atoms with Gasteiger partial charge in [0, 0.05) is 6.20 Å².